The highest BCUT2D eigenvalue weighted by molar-refractivity contribution is 9.09. The third-order valence-corrected chi connectivity index (χ3v) is 3.45. The Hall–Kier alpha value is -0.340. The van der Waals surface area contributed by atoms with Gasteiger partial charge in [0, 0.05) is 5.33 Å². The van der Waals surface area contributed by atoms with E-state index in [1.807, 2.05) is 0 Å². The van der Waals surface area contributed by atoms with E-state index in [1.165, 1.54) is 11.1 Å². The fourth-order valence-corrected chi connectivity index (χ4v) is 2.52. The van der Waals surface area contributed by atoms with Crippen molar-refractivity contribution in [2.45, 2.75) is 18.9 Å². The van der Waals surface area contributed by atoms with Crippen LogP contribution in [-0.4, -0.2) is 16.5 Å². The molecule has 0 radical (unpaired) electrons. The molecule has 2 rings (SSSR count). The molecule has 0 spiro atoms. The second kappa shape index (κ2) is 3.81. The van der Waals surface area contributed by atoms with Gasteiger partial charge in [0.2, 0.25) is 0 Å². The average molecular weight is 241 g/mol. The van der Waals surface area contributed by atoms with Gasteiger partial charge < -0.3 is 5.11 Å². The number of benzene rings is 1. The highest BCUT2D eigenvalue weighted by Crippen LogP contribution is 2.28. The minimum atomic E-state index is -0.201. The Bertz CT molecular complexity index is 273. The maximum Gasteiger partial charge on any atom is 0.0671 e. The molecule has 1 aliphatic carbocycles. The Balaban J connectivity index is 2.14. The molecule has 0 aliphatic heterocycles. The summed E-state index contributed by atoms with van der Waals surface area (Å²) in [4.78, 5) is 0. The highest BCUT2D eigenvalue weighted by atomic mass is 79.9. The van der Waals surface area contributed by atoms with E-state index < -0.39 is 0 Å². The number of aliphatic hydroxyl groups is 1. The number of hydrogen-bond acceptors (Lipinski definition) is 1. The molecule has 0 saturated heterocycles. The molecule has 1 aromatic carbocycles. The molecule has 1 unspecified atom stereocenters. The second-order valence-electron chi connectivity index (χ2n) is 3.66. The number of hydrogen-bond donors (Lipinski definition) is 1. The number of fused-ring (bicyclic) bond motifs is 1. The topological polar surface area (TPSA) is 20.2 Å². The van der Waals surface area contributed by atoms with Crippen molar-refractivity contribution in [3.8, 4) is 0 Å². The molecule has 1 aliphatic rings. The SMILES string of the molecule is OC(CBr)C1Cc2ccccc2C1. The molecule has 1 atom stereocenters. The normalized spacial score (nSPS) is 18.6. The molecular weight excluding hydrogens is 228 g/mol. The highest BCUT2D eigenvalue weighted by Gasteiger charge is 2.26. The predicted octanol–water partition coefficient (Wildman–Crippen LogP) is 2.16. The number of aliphatic hydroxyl groups excluding tert-OH is 1. The van der Waals surface area contributed by atoms with Gasteiger partial charge in [0.05, 0.1) is 6.10 Å². The van der Waals surface area contributed by atoms with Gasteiger partial charge in [0.15, 0.2) is 0 Å². The summed E-state index contributed by atoms with van der Waals surface area (Å²) in [6, 6.07) is 8.47. The third kappa shape index (κ3) is 1.79. The number of halogens is 1. The summed E-state index contributed by atoms with van der Waals surface area (Å²) in [7, 11) is 0. The van der Waals surface area contributed by atoms with E-state index in [-0.39, 0.29) is 6.10 Å². The summed E-state index contributed by atoms with van der Waals surface area (Å²) in [5, 5.41) is 10.4. The van der Waals surface area contributed by atoms with Crippen molar-refractivity contribution >= 4 is 15.9 Å². The van der Waals surface area contributed by atoms with E-state index in [0.717, 1.165) is 12.8 Å². The van der Waals surface area contributed by atoms with E-state index in [0.29, 0.717) is 11.2 Å². The molecule has 0 saturated carbocycles. The lowest BCUT2D eigenvalue weighted by Gasteiger charge is -2.13. The van der Waals surface area contributed by atoms with Crippen LogP contribution in [0.25, 0.3) is 0 Å². The largest absolute Gasteiger partial charge is 0.392 e. The maximum absolute atomic E-state index is 9.68. The lowest BCUT2D eigenvalue weighted by Crippen LogP contribution is -2.21. The Morgan fingerprint density at radius 2 is 1.85 bits per heavy atom. The maximum atomic E-state index is 9.68. The van der Waals surface area contributed by atoms with E-state index in [2.05, 4.69) is 40.2 Å². The van der Waals surface area contributed by atoms with Gasteiger partial charge >= 0.3 is 0 Å². The van der Waals surface area contributed by atoms with Crippen molar-refractivity contribution in [3.05, 3.63) is 35.4 Å². The summed E-state index contributed by atoms with van der Waals surface area (Å²) < 4.78 is 0. The molecule has 13 heavy (non-hydrogen) atoms. The molecular formula is C11H13BrO. The summed E-state index contributed by atoms with van der Waals surface area (Å²) in [6.45, 7) is 0. The van der Waals surface area contributed by atoms with Crippen molar-refractivity contribution in [1.82, 2.24) is 0 Å². The van der Waals surface area contributed by atoms with Crippen LogP contribution in [0, 0.1) is 5.92 Å². The summed E-state index contributed by atoms with van der Waals surface area (Å²) in [5.74, 6) is 0.414. The van der Waals surface area contributed by atoms with E-state index in [1.54, 1.807) is 0 Å². The summed E-state index contributed by atoms with van der Waals surface area (Å²) in [5.41, 5.74) is 2.82. The van der Waals surface area contributed by atoms with Crippen LogP contribution in [-0.2, 0) is 12.8 Å². The van der Waals surface area contributed by atoms with Crippen LogP contribution in [0.3, 0.4) is 0 Å². The average Bonchev–Trinajstić information content (AvgIpc) is 2.59. The van der Waals surface area contributed by atoms with Gasteiger partial charge in [-0.25, -0.2) is 0 Å². The number of alkyl halides is 1. The first kappa shape index (κ1) is 9.22. The molecule has 0 heterocycles. The summed E-state index contributed by atoms with van der Waals surface area (Å²) in [6.07, 6.45) is 1.86. The first-order chi connectivity index (χ1) is 6.31. The second-order valence-corrected chi connectivity index (χ2v) is 4.31. The predicted molar refractivity (Wildman–Crippen MR) is 57.1 cm³/mol. The zero-order valence-corrected chi connectivity index (χ0v) is 9.00. The molecule has 1 nitrogen and oxygen atoms in total. The van der Waals surface area contributed by atoms with Crippen LogP contribution in [0.15, 0.2) is 24.3 Å². The van der Waals surface area contributed by atoms with E-state index in [9.17, 15) is 5.11 Å². The van der Waals surface area contributed by atoms with Gasteiger partial charge in [-0.15, -0.1) is 0 Å². The van der Waals surface area contributed by atoms with Crippen molar-refractivity contribution in [2.24, 2.45) is 5.92 Å². The van der Waals surface area contributed by atoms with Crippen LogP contribution in [0.4, 0.5) is 0 Å². The van der Waals surface area contributed by atoms with Gasteiger partial charge in [-0.2, -0.15) is 0 Å². The van der Waals surface area contributed by atoms with Crippen molar-refractivity contribution < 1.29 is 5.11 Å². The van der Waals surface area contributed by atoms with Crippen LogP contribution in [0.5, 0.6) is 0 Å². The molecule has 0 fully saturated rings. The lowest BCUT2D eigenvalue weighted by atomic mass is 10.0. The smallest absolute Gasteiger partial charge is 0.0671 e. The number of rotatable bonds is 2. The fourth-order valence-electron chi connectivity index (χ4n) is 1.99. The van der Waals surface area contributed by atoms with Crippen LogP contribution in [0.2, 0.25) is 0 Å². The van der Waals surface area contributed by atoms with Gasteiger partial charge in [0.1, 0.15) is 0 Å². The Kier molecular flexibility index (Phi) is 2.70. The zero-order chi connectivity index (χ0) is 9.26. The molecule has 1 aromatic rings. The minimum absolute atomic E-state index is 0.201. The van der Waals surface area contributed by atoms with Crippen molar-refractivity contribution in [3.63, 3.8) is 0 Å². The molecule has 0 amide bonds. The van der Waals surface area contributed by atoms with Crippen molar-refractivity contribution in [1.29, 1.82) is 0 Å². The van der Waals surface area contributed by atoms with Gasteiger partial charge in [-0.3, -0.25) is 0 Å². The van der Waals surface area contributed by atoms with Gasteiger partial charge in [-0.05, 0) is 29.9 Å². The van der Waals surface area contributed by atoms with Crippen LogP contribution >= 0.6 is 15.9 Å². The molecule has 70 valence electrons. The molecule has 1 N–H and O–H groups in total. The van der Waals surface area contributed by atoms with Gasteiger partial charge in [-0.1, -0.05) is 40.2 Å². The minimum Gasteiger partial charge on any atom is -0.392 e. The first-order valence-corrected chi connectivity index (χ1v) is 5.74. The van der Waals surface area contributed by atoms with Crippen LogP contribution < -0.4 is 0 Å². The standard InChI is InChI=1S/C11H13BrO/c12-7-11(13)10-5-8-3-1-2-4-9(8)6-10/h1-4,10-11,13H,5-7H2. The molecule has 0 aromatic heterocycles. The Morgan fingerprint density at radius 3 is 2.31 bits per heavy atom. The zero-order valence-electron chi connectivity index (χ0n) is 7.41. The van der Waals surface area contributed by atoms with Crippen LogP contribution in [0.1, 0.15) is 11.1 Å². The summed E-state index contributed by atoms with van der Waals surface area (Å²) >= 11 is 3.32. The molecule has 2 heteroatoms. The third-order valence-electron chi connectivity index (χ3n) is 2.78. The fraction of sp³-hybridized carbons (Fsp3) is 0.455. The van der Waals surface area contributed by atoms with Crippen molar-refractivity contribution in [2.75, 3.05) is 5.33 Å². The van der Waals surface area contributed by atoms with E-state index >= 15 is 0 Å². The quantitative estimate of drug-likeness (QED) is 0.786. The van der Waals surface area contributed by atoms with Gasteiger partial charge in [0.25, 0.3) is 0 Å². The Morgan fingerprint density at radius 1 is 1.31 bits per heavy atom. The lowest BCUT2D eigenvalue weighted by molar-refractivity contribution is 0.136. The monoisotopic (exact) mass is 240 g/mol. The van der Waals surface area contributed by atoms with E-state index in [4.69, 9.17) is 0 Å². The first-order valence-electron chi connectivity index (χ1n) is 4.62. The Labute approximate surface area is 86.9 Å². The molecule has 0 bridgehead atoms.